The Kier molecular flexibility index (Phi) is 5.01. The van der Waals surface area contributed by atoms with Crippen LogP contribution >= 0.6 is 0 Å². The molecule has 1 atom stereocenters. The number of hydrogen-bond acceptors (Lipinski definition) is 3. The van der Waals surface area contributed by atoms with Gasteiger partial charge >= 0.3 is 0 Å². The molecule has 4 nitrogen and oxygen atoms in total. The molecule has 1 amide bonds. The van der Waals surface area contributed by atoms with Crippen LogP contribution in [0.15, 0.2) is 18.2 Å². The fourth-order valence-corrected chi connectivity index (χ4v) is 1.79. The van der Waals surface area contributed by atoms with E-state index in [0.717, 1.165) is 19.4 Å². The van der Waals surface area contributed by atoms with Crippen molar-refractivity contribution in [2.24, 2.45) is 0 Å². The van der Waals surface area contributed by atoms with E-state index in [2.05, 4.69) is 6.92 Å². The van der Waals surface area contributed by atoms with Crippen LogP contribution in [0.4, 0.5) is 0 Å². The molecule has 100 valence electrons. The predicted molar refractivity (Wildman–Crippen MR) is 70.7 cm³/mol. The van der Waals surface area contributed by atoms with Gasteiger partial charge in [0.15, 0.2) is 11.5 Å². The van der Waals surface area contributed by atoms with Gasteiger partial charge in [-0.2, -0.15) is 0 Å². The van der Waals surface area contributed by atoms with Gasteiger partial charge in [0.2, 0.25) is 5.91 Å². The van der Waals surface area contributed by atoms with E-state index in [1.165, 1.54) is 12.1 Å². The van der Waals surface area contributed by atoms with Gasteiger partial charge in [0.05, 0.1) is 5.92 Å². The highest BCUT2D eigenvalue weighted by atomic mass is 16.3. The van der Waals surface area contributed by atoms with E-state index in [1.807, 2.05) is 0 Å². The Balaban J connectivity index is 2.76. The van der Waals surface area contributed by atoms with E-state index in [1.54, 1.807) is 24.9 Å². The molecule has 0 saturated heterocycles. The highest BCUT2D eigenvalue weighted by Gasteiger charge is 2.19. The average Bonchev–Trinajstić information content (AvgIpc) is 2.37. The molecule has 0 saturated carbocycles. The summed E-state index contributed by atoms with van der Waals surface area (Å²) in [6.45, 7) is 4.63. The Hall–Kier alpha value is -1.71. The van der Waals surface area contributed by atoms with Gasteiger partial charge in [-0.05, 0) is 31.0 Å². The molecule has 0 aliphatic carbocycles. The zero-order valence-corrected chi connectivity index (χ0v) is 11.2. The lowest BCUT2D eigenvalue weighted by Gasteiger charge is -2.21. The highest BCUT2D eigenvalue weighted by molar-refractivity contribution is 5.83. The quantitative estimate of drug-likeness (QED) is 0.790. The zero-order valence-electron chi connectivity index (χ0n) is 11.2. The number of rotatable bonds is 5. The van der Waals surface area contributed by atoms with E-state index in [9.17, 15) is 15.0 Å². The van der Waals surface area contributed by atoms with Crippen molar-refractivity contribution < 1.29 is 15.0 Å². The van der Waals surface area contributed by atoms with Crippen molar-refractivity contribution in [3.63, 3.8) is 0 Å². The number of phenolic OH excluding ortho intramolecular Hbond substituents is 2. The van der Waals surface area contributed by atoms with Crippen LogP contribution < -0.4 is 0 Å². The third-order valence-electron chi connectivity index (χ3n) is 3.09. The second-order valence-electron chi connectivity index (χ2n) is 4.58. The number of unbranched alkanes of at least 4 members (excludes halogenated alkanes) is 1. The summed E-state index contributed by atoms with van der Waals surface area (Å²) in [7, 11) is 1.79. The van der Waals surface area contributed by atoms with E-state index in [4.69, 9.17) is 0 Å². The number of likely N-dealkylation sites (N-methyl/N-ethyl adjacent to an activating group) is 1. The average molecular weight is 251 g/mol. The van der Waals surface area contributed by atoms with Crippen molar-refractivity contribution in [1.82, 2.24) is 4.90 Å². The Morgan fingerprint density at radius 3 is 2.56 bits per heavy atom. The van der Waals surface area contributed by atoms with E-state index < -0.39 is 0 Å². The van der Waals surface area contributed by atoms with Crippen molar-refractivity contribution in [2.45, 2.75) is 32.6 Å². The summed E-state index contributed by atoms with van der Waals surface area (Å²) in [5.41, 5.74) is 0.707. The molecule has 0 aliphatic heterocycles. The first kappa shape index (κ1) is 14.4. The lowest BCUT2D eigenvalue weighted by Crippen LogP contribution is -2.31. The summed E-state index contributed by atoms with van der Waals surface area (Å²) in [6, 6.07) is 4.50. The molecule has 0 radical (unpaired) electrons. The Morgan fingerprint density at radius 1 is 1.33 bits per heavy atom. The molecule has 1 aromatic carbocycles. The first-order valence-corrected chi connectivity index (χ1v) is 6.24. The van der Waals surface area contributed by atoms with Crippen molar-refractivity contribution in [3.8, 4) is 11.5 Å². The minimum absolute atomic E-state index is 0.0218. The van der Waals surface area contributed by atoms with Gasteiger partial charge < -0.3 is 15.1 Å². The van der Waals surface area contributed by atoms with E-state index in [-0.39, 0.29) is 23.3 Å². The minimum Gasteiger partial charge on any atom is -0.504 e. The predicted octanol–water partition coefficient (Wildman–Crippen LogP) is 2.46. The molecule has 18 heavy (non-hydrogen) atoms. The maximum absolute atomic E-state index is 12.1. The summed E-state index contributed by atoms with van der Waals surface area (Å²) in [6.07, 6.45) is 2.03. The van der Waals surface area contributed by atoms with Crippen LogP contribution in [0.5, 0.6) is 11.5 Å². The summed E-state index contributed by atoms with van der Waals surface area (Å²) < 4.78 is 0. The van der Waals surface area contributed by atoms with Crippen LogP contribution in [0.2, 0.25) is 0 Å². The van der Waals surface area contributed by atoms with Gasteiger partial charge in [-0.3, -0.25) is 4.79 Å². The van der Waals surface area contributed by atoms with Crippen molar-refractivity contribution in [3.05, 3.63) is 23.8 Å². The van der Waals surface area contributed by atoms with Crippen LogP contribution in [0, 0.1) is 0 Å². The van der Waals surface area contributed by atoms with Crippen LogP contribution in [-0.4, -0.2) is 34.6 Å². The van der Waals surface area contributed by atoms with Gasteiger partial charge in [0.25, 0.3) is 0 Å². The molecule has 0 aromatic heterocycles. The Labute approximate surface area is 108 Å². The van der Waals surface area contributed by atoms with Gasteiger partial charge in [0.1, 0.15) is 0 Å². The molecule has 1 unspecified atom stereocenters. The maximum Gasteiger partial charge on any atom is 0.229 e. The van der Waals surface area contributed by atoms with Crippen LogP contribution in [-0.2, 0) is 4.79 Å². The monoisotopic (exact) mass is 251 g/mol. The summed E-state index contributed by atoms with van der Waals surface area (Å²) in [5, 5.41) is 18.7. The number of aromatic hydroxyl groups is 2. The first-order chi connectivity index (χ1) is 8.47. The van der Waals surface area contributed by atoms with Crippen molar-refractivity contribution in [1.29, 1.82) is 0 Å². The number of benzene rings is 1. The third-order valence-corrected chi connectivity index (χ3v) is 3.09. The van der Waals surface area contributed by atoms with Gasteiger partial charge in [-0.15, -0.1) is 0 Å². The largest absolute Gasteiger partial charge is 0.504 e. The first-order valence-electron chi connectivity index (χ1n) is 6.24. The normalized spacial score (nSPS) is 12.2. The molecule has 2 N–H and O–H groups in total. The van der Waals surface area contributed by atoms with Gasteiger partial charge in [-0.25, -0.2) is 0 Å². The molecule has 0 heterocycles. The standard InChI is InChI=1S/C14H21NO3/c1-4-5-8-15(3)14(18)10(2)11-6-7-12(16)13(17)9-11/h6-7,9-10,16-17H,4-5,8H2,1-3H3. The van der Waals surface area contributed by atoms with Gasteiger partial charge in [0, 0.05) is 13.6 Å². The van der Waals surface area contributed by atoms with E-state index >= 15 is 0 Å². The number of phenols is 2. The molecule has 0 aliphatic rings. The Morgan fingerprint density at radius 2 is 2.00 bits per heavy atom. The third kappa shape index (κ3) is 3.39. The summed E-state index contributed by atoms with van der Waals surface area (Å²) in [4.78, 5) is 13.8. The number of nitrogens with zero attached hydrogens (tertiary/aromatic N) is 1. The Bertz CT molecular complexity index is 418. The van der Waals surface area contributed by atoms with Crippen LogP contribution in [0.25, 0.3) is 0 Å². The molecule has 4 heteroatoms. The molecule has 1 aromatic rings. The second-order valence-corrected chi connectivity index (χ2v) is 4.58. The van der Waals surface area contributed by atoms with Crippen LogP contribution in [0.1, 0.15) is 38.2 Å². The van der Waals surface area contributed by atoms with Gasteiger partial charge in [-0.1, -0.05) is 19.4 Å². The number of hydrogen-bond donors (Lipinski definition) is 2. The molecule has 1 rings (SSSR count). The van der Waals surface area contributed by atoms with Crippen LogP contribution in [0.3, 0.4) is 0 Å². The van der Waals surface area contributed by atoms with Crippen molar-refractivity contribution >= 4 is 5.91 Å². The number of amides is 1. The summed E-state index contributed by atoms with van der Waals surface area (Å²) in [5.74, 6) is -0.659. The second kappa shape index (κ2) is 6.28. The fraction of sp³-hybridized carbons (Fsp3) is 0.500. The fourth-order valence-electron chi connectivity index (χ4n) is 1.79. The number of carbonyl (C=O) groups is 1. The molecule has 0 bridgehead atoms. The lowest BCUT2D eigenvalue weighted by atomic mass is 9.99. The molecule has 0 spiro atoms. The topological polar surface area (TPSA) is 60.8 Å². The maximum atomic E-state index is 12.1. The highest BCUT2D eigenvalue weighted by Crippen LogP contribution is 2.29. The van der Waals surface area contributed by atoms with Crippen molar-refractivity contribution in [2.75, 3.05) is 13.6 Å². The smallest absolute Gasteiger partial charge is 0.229 e. The summed E-state index contributed by atoms with van der Waals surface area (Å²) >= 11 is 0. The van der Waals surface area contributed by atoms with E-state index in [0.29, 0.717) is 5.56 Å². The SMILES string of the molecule is CCCCN(C)C(=O)C(C)c1ccc(O)c(O)c1. The molecular weight excluding hydrogens is 230 g/mol. The lowest BCUT2D eigenvalue weighted by molar-refractivity contribution is -0.131. The zero-order chi connectivity index (χ0) is 13.7. The minimum atomic E-state index is -0.321. The number of carbonyl (C=O) groups excluding carboxylic acids is 1. The molecular formula is C14H21NO3. The molecule has 0 fully saturated rings.